The van der Waals surface area contributed by atoms with Gasteiger partial charge in [-0.1, -0.05) is 48.9 Å². The van der Waals surface area contributed by atoms with E-state index < -0.39 is 6.10 Å². The Kier molecular flexibility index (Phi) is 6.55. The molecule has 35 heavy (non-hydrogen) atoms. The van der Waals surface area contributed by atoms with Crippen molar-refractivity contribution in [2.45, 2.75) is 45.3 Å². The van der Waals surface area contributed by atoms with Gasteiger partial charge >= 0.3 is 0 Å². The van der Waals surface area contributed by atoms with Gasteiger partial charge in [0.15, 0.2) is 0 Å². The predicted molar refractivity (Wildman–Crippen MR) is 138 cm³/mol. The number of anilines is 1. The number of amides is 1. The second-order valence-electron chi connectivity index (χ2n) is 9.27. The number of ether oxygens (including phenoxy) is 1. The lowest BCUT2D eigenvalue weighted by Gasteiger charge is -2.19. The van der Waals surface area contributed by atoms with Crippen molar-refractivity contribution < 1.29 is 14.6 Å². The Morgan fingerprint density at radius 1 is 1.06 bits per heavy atom. The molecule has 1 aliphatic heterocycles. The van der Waals surface area contributed by atoms with Gasteiger partial charge in [0.1, 0.15) is 24.3 Å². The minimum absolute atomic E-state index is 0.0500. The van der Waals surface area contributed by atoms with Gasteiger partial charge < -0.3 is 19.3 Å². The predicted octanol–water partition coefficient (Wildman–Crippen LogP) is 4.87. The Balaban J connectivity index is 1.36. The first kappa shape index (κ1) is 23.1. The molecule has 6 heteroatoms. The maximum Gasteiger partial charge on any atom is 0.227 e. The van der Waals surface area contributed by atoms with Crippen LogP contribution in [-0.4, -0.2) is 39.8 Å². The van der Waals surface area contributed by atoms with Crippen LogP contribution in [0.4, 0.5) is 5.69 Å². The molecule has 2 heterocycles. The lowest BCUT2D eigenvalue weighted by molar-refractivity contribution is -0.117. The van der Waals surface area contributed by atoms with Gasteiger partial charge in [-0.25, -0.2) is 4.98 Å². The van der Waals surface area contributed by atoms with Crippen molar-refractivity contribution in [2.24, 2.45) is 0 Å². The number of carbonyl (C=O) groups is 1. The van der Waals surface area contributed by atoms with E-state index in [2.05, 4.69) is 23.6 Å². The first-order valence-corrected chi connectivity index (χ1v) is 12.2. The van der Waals surface area contributed by atoms with Crippen LogP contribution >= 0.6 is 0 Å². The summed E-state index contributed by atoms with van der Waals surface area (Å²) in [5.74, 6) is 1.62. The second-order valence-corrected chi connectivity index (χ2v) is 9.27. The van der Waals surface area contributed by atoms with Crippen LogP contribution in [0.15, 0.2) is 72.8 Å². The summed E-state index contributed by atoms with van der Waals surface area (Å²) >= 11 is 0. The second kappa shape index (κ2) is 9.92. The molecule has 1 N–H and O–H groups in total. The fraction of sp³-hybridized carbons (Fsp3) is 0.310. The number of aliphatic hydroxyl groups excluding tert-OH is 1. The molecule has 0 radical (unpaired) electrons. The van der Waals surface area contributed by atoms with Crippen LogP contribution in [0.5, 0.6) is 5.75 Å². The number of hydrogen-bond donors (Lipinski definition) is 1. The van der Waals surface area contributed by atoms with Crippen LogP contribution in [0.2, 0.25) is 0 Å². The summed E-state index contributed by atoms with van der Waals surface area (Å²) in [5.41, 5.74) is 5.15. The summed E-state index contributed by atoms with van der Waals surface area (Å²) in [4.78, 5) is 19.7. The number of aryl methyl sites for hydroxylation is 2. The van der Waals surface area contributed by atoms with E-state index in [-0.39, 0.29) is 18.4 Å². The standard InChI is InChI=1S/C29H31N3O3/c1-3-21-10-12-23(13-11-21)31-17-22(16-28(31)34)29-30-26-6-4-5-7-27(26)32(29)18-24(33)19-35-25-14-8-20(2)9-15-25/h4-15,22,24,33H,3,16-19H2,1-2H3/t22-,24-/m1/s1. The molecular weight excluding hydrogens is 438 g/mol. The third kappa shape index (κ3) is 4.93. The van der Waals surface area contributed by atoms with E-state index in [4.69, 9.17) is 9.72 Å². The SMILES string of the molecule is CCc1ccc(N2C[C@H](c3nc4ccccc4n3C[C@@H](O)COc3ccc(C)cc3)CC2=O)cc1. The summed E-state index contributed by atoms with van der Waals surface area (Å²) in [7, 11) is 0. The molecule has 0 saturated carbocycles. The quantitative estimate of drug-likeness (QED) is 0.400. The van der Waals surface area contributed by atoms with Crippen molar-refractivity contribution in [1.29, 1.82) is 0 Å². The number of carbonyl (C=O) groups excluding carboxylic acids is 1. The number of aromatic nitrogens is 2. The lowest BCUT2D eigenvalue weighted by atomic mass is 10.1. The Bertz CT molecular complexity index is 1310. The molecule has 6 nitrogen and oxygen atoms in total. The molecular formula is C29H31N3O3. The minimum atomic E-state index is -0.720. The van der Waals surface area contributed by atoms with Crippen LogP contribution in [0.1, 0.15) is 36.2 Å². The first-order chi connectivity index (χ1) is 17.0. The average Bonchev–Trinajstić information content (AvgIpc) is 3.44. The molecule has 180 valence electrons. The fourth-order valence-corrected chi connectivity index (χ4v) is 4.73. The molecule has 1 aliphatic rings. The highest BCUT2D eigenvalue weighted by atomic mass is 16.5. The number of aliphatic hydroxyl groups is 1. The van der Waals surface area contributed by atoms with E-state index in [1.807, 2.05) is 72.5 Å². The molecule has 1 fully saturated rings. The molecule has 3 aromatic carbocycles. The van der Waals surface area contributed by atoms with Crippen molar-refractivity contribution in [2.75, 3.05) is 18.1 Å². The van der Waals surface area contributed by atoms with Crippen LogP contribution in [-0.2, 0) is 17.8 Å². The van der Waals surface area contributed by atoms with Crippen molar-refractivity contribution >= 4 is 22.6 Å². The largest absolute Gasteiger partial charge is 0.491 e. The highest BCUT2D eigenvalue weighted by Gasteiger charge is 2.35. The average molecular weight is 470 g/mol. The molecule has 1 amide bonds. The van der Waals surface area contributed by atoms with Gasteiger partial charge in [0.05, 0.1) is 17.6 Å². The third-order valence-corrected chi connectivity index (χ3v) is 6.69. The number of benzene rings is 3. The van der Waals surface area contributed by atoms with E-state index in [0.717, 1.165) is 40.3 Å². The van der Waals surface area contributed by atoms with Gasteiger partial charge in [-0.05, 0) is 55.3 Å². The first-order valence-electron chi connectivity index (χ1n) is 12.2. The lowest BCUT2D eigenvalue weighted by Crippen LogP contribution is -2.26. The van der Waals surface area contributed by atoms with E-state index >= 15 is 0 Å². The Morgan fingerprint density at radius 2 is 1.80 bits per heavy atom. The number of nitrogens with zero attached hydrogens (tertiary/aromatic N) is 3. The number of hydrogen-bond acceptors (Lipinski definition) is 4. The number of para-hydroxylation sites is 2. The van der Waals surface area contributed by atoms with Crippen molar-refractivity contribution in [1.82, 2.24) is 9.55 Å². The van der Waals surface area contributed by atoms with E-state index in [1.165, 1.54) is 5.56 Å². The highest BCUT2D eigenvalue weighted by Crippen LogP contribution is 2.33. The molecule has 1 saturated heterocycles. The van der Waals surface area contributed by atoms with Crippen molar-refractivity contribution in [3.63, 3.8) is 0 Å². The van der Waals surface area contributed by atoms with Crippen molar-refractivity contribution in [3.05, 3.63) is 89.7 Å². The van der Waals surface area contributed by atoms with Gasteiger partial charge in [-0.15, -0.1) is 0 Å². The minimum Gasteiger partial charge on any atom is -0.491 e. The molecule has 0 spiro atoms. The van der Waals surface area contributed by atoms with Crippen LogP contribution in [0, 0.1) is 6.92 Å². The van der Waals surface area contributed by atoms with Gasteiger partial charge in [-0.3, -0.25) is 4.79 Å². The summed E-state index contributed by atoms with van der Waals surface area (Å²) < 4.78 is 7.87. The molecule has 2 atom stereocenters. The Morgan fingerprint density at radius 3 is 2.54 bits per heavy atom. The number of fused-ring (bicyclic) bond motifs is 1. The summed E-state index contributed by atoms with van der Waals surface area (Å²) in [5, 5.41) is 10.8. The molecule has 1 aromatic heterocycles. The maximum atomic E-state index is 13.0. The van der Waals surface area contributed by atoms with Crippen molar-refractivity contribution in [3.8, 4) is 5.75 Å². The molecule has 0 bridgehead atoms. The molecule has 0 aliphatic carbocycles. The summed E-state index contributed by atoms with van der Waals surface area (Å²) in [6.45, 7) is 5.24. The van der Waals surface area contributed by atoms with Gasteiger partial charge in [0.2, 0.25) is 5.91 Å². The number of imidazole rings is 1. The summed E-state index contributed by atoms with van der Waals surface area (Å²) in [6, 6.07) is 23.9. The Labute approximate surface area is 205 Å². The van der Waals surface area contributed by atoms with Gasteiger partial charge in [0, 0.05) is 24.6 Å². The Hall–Kier alpha value is -3.64. The molecule has 5 rings (SSSR count). The van der Waals surface area contributed by atoms with Gasteiger partial charge in [0.25, 0.3) is 0 Å². The highest BCUT2D eigenvalue weighted by molar-refractivity contribution is 5.96. The van der Waals surface area contributed by atoms with Gasteiger partial charge in [-0.2, -0.15) is 0 Å². The number of rotatable bonds is 8. The maximum absolute atomic E-state index is 13.0. The zero-order valence-electron chi connectivity index (χ0n) is 20.2. The zero-order valence-corrected chi connectivity index (χ0v) is 20.2. The van der Waals surface area contributed by atoms with Crippen LogP contribution < -0.4 is 9.64 Å². The van der Waals surface area contributed by atoms with E-state index in [0.29, 0.717) is 19.5 Å². The fourth-order valence-electron chi connectivity index (χ4n) is 4.73. The molecule has 4 aromatic rings. The normalized spacial score (nSPS) is 16.7. The van der Waals surface area contributed by atoms with E-state index in [9.17, 15) is 9.90 Å². The smallest absolute Gasteiger partial charge is 0.227 e. The monoisotopic (exact) mass is 469 g/mol. The van der Waals surface area contributed by atoms with Crippen LogP contribution in [0.25, 0.3) is 11.0 Å². The van der Waals surface area contributed by atoms with Crippen LogP contribution in [0.3, 0.4) is 0 Å². The third-order valence-electron chi connectivity index (χ3n) is 6.69. The molecule has 0 unspecified atom stereocenters. The zero-order chi connectivity index (χ0) is 24.4. The topological polar surface area (TPSA) is 67.6 Å². The summed E-state index contributed by atoms with van der Waals surface area (Å²) in [6.07, 6.45) is 0.647. The van der Waals surface area contributed by atoms with E-state index in [1.54, 1.807) is 0 Å².